The van der Waals surface area contributed by atoms with E-state index in [1.807, 2.05) is 30.3 Å². The number of nitrogens with one attached hydrogen (secondary N) is 1. The van der Waals surface area contributed by atoms with Crippen LogP contribution in [-0.4, -0.2) is 0 Å². The first-order valence-electron chi connectivity index (χ1n) is 5.01. The van der Waals surface area contributed by atoms with Crippen molar-refractivity contribution >= 4 is 75.6 Å². The highest BCUT2D eigenvalue weighted by Crippen LogP contribution is 2.47. The summed E-state index contributed by atoms with van der Waals surface area (Å²) in [6, 6.07) is 9.57. The third-order valence-corrected chi connectivity index (χ3v) is 5.67. The van der Waals surface area contributed by atoms with E-state index in [2.05, 4.69) is 4.72 Å². The Hall–Kier alpha value is 0.0400. The molecule has 2 aromatic rings. The molecule has 0 fully saturated rings. The van der Waals surface area contributed by atoms with E-state index in [1.54, 1.807) is 0 Å². The Labute approximate surface area is 140 Å². The van der Waals surface area contributed by atoms with Gasteiger partial charge < -0.3 is 4.72 Å². The molecule has 0 radical (unpaired) electrons. The fourth-order valence-electron chi connectivity index (χ4n) is 1.29. The Kier molecular flexibility index (Phi) is 5.41. The molecule has 0 amide bonds. The molecule has 0 saturated heterocycles. The molecule has 0 unspecified atom stereocenters. The molecule has 0 aliphatic rings. The molecule has 0 atom stereocenters. The lowest BCUT2D eigenvalue weighted by Gasteiger charge is -2.12. The fraction of sp³-hybridized carbons (Fsp3) is 0. The molecule has 1 N–H and O–H groups in total. The van der Waals surface area contributed by atoms with E-state index in [9.17, 15) is 0 Å². The minimum absolute atomic E-state index is 0.155. The zero-order valence-corrected chi connectivity index (χ0v) is 13.8. The Balaban J connectivity index is 2.31. The molecule has 0 aliphatic carbocycles. The van der Waals surface area contributed by atoms with Crippen LogP contribution in [0.3, 0.4) is 0 Å². The van der Waals surface area contributed by atoms with Gasteiger partial charge in [-0.3, -0.25) is 0 Å². The van der Waals surface area contributed by atoms with E-state index in [1.165, 1.54) is 11.9 Å². The van der Waals surface area contributed by atoms with Crippen LogP contribution in [0.25, 0.3) is 0 Å². The third kappa shape index (κ3) is 3.38. The molecular weight excluding hydrogens is 367 g/mol. The van der Waals surface area contributed by atoms with Gasteiger partial charge >= 0.3 is 0 Å². The predicted octanol–water partition coefficient (Wildman–Crippen LogP) is 7.07. The summed E-state index contributed by atoms with van der Waals surface area (Å²) in [5, 5.41) is 1.08. The molecule has 0 saturated carbocycles. The van der Waals surface area contributed by atoms with Crippen LogP contribution in [0.5, 0.6) is 0 Å². The van der Waals surface area contributed by atoms with Crippen molar-refractivity contribution in [1.82, 2.24) is 0 Å². The van der Waals surface area contributed by atoms with E-state index >= 15 is 0 Å². The summed E-state index contributed by atoms with van der Waals surface area (Å²) in [5.41, 5.74) is 0.904. The van der Waals surface area contributed by atoms with Crippen LogP contribution in [0.1, 0.15) is 0 Å². The third-order valence-electron chi connectivity index (χ3n) is 2.21. The number of hydrogen-bond acceptors (Lipinski definition) is 2. The van der Waals surface area contributed by atoms with Crippen LogP contribution in [-0.2, 0) is 0 Å². The van der Waals surface area contributed by atoms with Gasteiger partial charge in [0.1, 0.15) is 0 Å². The smallest absolute Gasteiger partial charge is 0.0809 e. The summed E-state index contributed by atoms with van der Waals surface area (Å²) in [6.45, 7) is 0. The minimum Gasteiger partial charge on any atom is -0.326 e. The van der Waals surface area contributed by atoms with Crippen molar-refractivity contribution in [3.63, 3.8) is 0 Å². The van der Waals surface area contributed by atoms with Gasteiger partial charge in [-0.25, -0.2) is 0 Å². The fourth-order valence-corrected chi connectivity index (χ4v) is 3.51. The zero-order valence-electron chi connectivity index (χ0n) is 9.18. The molecular formula is C12H6Cl5NS. The van der Waals surface area contributed by atoms with Gasteiger partial charge in [0, 0.05) is 5.69 Å². The van der Waals surface area contributed by atoms with E-state index in [0.29, 0.717) is 4.90 Å². The average molecular weight is 374 g/mol. The van der Waals surface area contributed by atoms with Gasteiger partial charge in [-0.05, 0) is 24.1 Å². The van der Waals surface area contributed by atoms with Gasteiger partial charge in [0.25, 0.3) is 0 Å². The Morgan fingerprint density at radius 2 is 1.16 bits per heavy atom. The Bertz CT molecular complexity index is 574. The van der Waals surface area contributed by atoms with Gasteiger partial charge in [-0.15, -0.1) is 0 Å². The largest absolute Gasteiger partial charge is 0.326 e. The molecule has 0 spiro atoms. The number of benzene rings is 2. The number of rotatable bonds is 3. The highest BCUT2D eigenvalue weighted by Gasteiger charge is 2.19. The molecule has 7 heteroatoms. The maximum atomic E-state index is 6.12. The topological polar surface area (TPSA) is 12.0 Å². The molecule has 0 aromatic heterocycles. The van der Waals surface area contributed by atoms with E-state index in [0.717, 1.165) is 5.69 Å². The average Bonchev–Trinajstić information content (AvgIpc) is 2.44. The number of halogens is 5. The van der Waals surface area contributed by atoms with Crippen LogP contribution in [0, 0.1) is 0 Å². The van der Waals surface area contributed by atoms with Crippen molar-refractivity contribution in [2.24, 2.45) is 0 Å². The van der Waals surface area contributed by atoms with Crippen LogP contribution >= 0.6 is 70.0 Å². The lowest BCUT2D eigenvalue weighted by atomic mass is 10.3. The molecule has 0 heterocycles. The van der Waals surface area contributed by atoms with E-state index < -0.39 is 0 Å². The van der Waals surface area contributed by atoms with Crippen molar-refractivity contribution in [2.45, 2.75) is 4.90 Å². The first-order valence-corrected chi connectivity index (χ1v) is 7.72. The summed E-state index contributed by atoms with van der Waals surface area (Å²) < 4.78 is 3.10. The first kappa shape index (κ1) is 15.4. The maximum Gasteiger partial charge on any atom is 0.0809 e. The van der Waals surface area contributed by atoms with Crippen molar-refractivity contribution < 1.29 is 0 Å². The molecule has 2 rings (SSSR count). The van der Waals surface area contributed by atoms with Crippen molar-refractivity contribution in [1.29, 1.82) is 0 Å². The quantitative estimate of drug-likeness (QED) is 0.351. The van der Waals surface area contributed by atoms with E-state index in [4.69, 9.17) is 58.0 Å². The van der Waals surface area contributed by atoms with Gasteiger partial charge in [0.05, 0.1) is 30.0 Å². The normalized spacial score (nSPS) is 10.6. The Morgan fingerprint density at radius 1 is 0.684 bits per heavy atom. The summed E-state index contributed by atoms with van der Waals surface area (Å²) in [5.74, 6) is 0. The zero-order chi connectivity index (χ0) is 14.0. The number of anilines is 1. The molecule has 19 heavy (non-hydrogen) atoms. The van der Waals surface area contributed by atoms with Crippen LogP contribution in [0.15, 0.2) is 35.2 Å². The minimum atomic E-state index is 0.155. The number of para-hydroxylation sites is 1. The van der Waals surface area contributed by atoms with Gasteiger partial charge in [0.2, 0.25) is 0 Å². The predicted molar refractivity (Wildman–Crippen MR) is 87.4 cm³/mol. The van der Waals surface area contributed by atoms with Crippen molar-refractivity contribution in [3.05, 3.63) is 55.4 Å². The second-order valence-corrected chi connectivity index (χ2v) is 6.18. The van der Waals surface area contributed by atoms with Gasteiger partial charge in [-0.2, -0.15) is 0 Å². The monoisotopic (exact) mass is 371 g/mol. The molecule has 1 nitrogen and oxygen atoms in total. The highest BCUT2D eigenvalue weighted by molar-refractivity contribution is 8.00. The second kappa shape index (κ2) is 6.66. The lowest BCUT2D eigenvalue weighted by molar-refractivity contribution is 1.46. The summed E-state index contributed by atoms with van der Waals surface area (Å²) >= 11 is 31.4. The van der Waals surface area contributed by atoms with Gasteiger partial charge in [0.15, 0.2) is 0 Å². The molecule has 0 bridgehead atoms. The van der Waals surface area contributed by atoms with Gasteiger partial charge in [-0.1, -0.05) is 76.2 Å². The SMILES string of the molecule is Clc1c(Cl)c(Cl)c(SNc2ccccc2)c(Cl)c1Cl. The number of hydrogen-bond donors (Lipinski definition) is 1. The molecule has 100 valence electrons. The summed E-state index contributed by atoms with van der Waals surface area (Å²) in [6.07, 6.45) is 0. The molecule has 0 aliphatic heterocycles. The van der Waals surface area contributed by atoms with Crippen molar-refractivity contribution in [3.8, 4) is 0 Å². The van der Waals surface area contributed by atoms with Crippen LogP contribution in [0.4, 0.5) is 5.69 Å². The summed E-state index contributed by atoms with van der Waals surface area (Å²) in [7, 11) is 0. The summed E-state index contributed by atoms with van der Waals surface area (Å²) in [4.78, 5) is 0.534. The highest BCUT2D eigenvalue weighted by atomic mass is 35.5. The first-order chi connectivity index (χ1) is 9.02. The second-order valence-electron chi connectivity index (χ2n) is 3.47. The Morgan fingerprint density at radius 3 is 1.68 bits per heavy atom. The lowest BCUT2D eigenvalue weighted by Crippen LogP contribution is -1.90. The van der Waals surface area contributed by atoms with Crippen LogP contribution < -0.4 is 4.72 Å². The standard InChI is InChI=1S/C12H6Cl5NS/c13-7-8(14)10(16)12(11(17)9(7)15)19-18-6-4-2-1-3-5-6/h1-5,18H. The van der Waals surface area contributed by atoms with Crippen LogP contribution in [0.2, 0.25) is 25.1 Å². The van der Waals surface area contributed by atoms with E-state index in [-0.39, 0.29) is 25.1 Å². The molecule has 2 aromatic carbocycles. The maximum absolute atomic E-state index is 6.12. The van der Waals surface area contributed by atoms with Crippen molar-refractivity contribution in [2.75, 3.05) is 4.72 Å².